The minimum atomic E-state index is 0.117. The number of hydrogen-bond donors (Lipinski definition) is 1. The highest BCUT2D eigenvalue weighted by Crippen LogP contribution is 2.22. The summed E-state index contributed by atoms with van der Waals surface area (Å²) < 4.78 is 1.19. The Bertz CT molecular complexity index is 454. The number of carbonyl (C=O) groups excluding carboxylic acids is 1. The molecule has 0 saturated carbocycles. The molecule has 1 aliphatic rings. The van der Waals surface area contributed by atoms with Gasteiger partial charge in [-0.3, -0.25) is 4.79 Å². The molecule has 1 atom stereocenters. The standard InChI is InChI=1S/C14H16INO/c1-10-8-12(15)6-7-13(10)16-14(17)9-11-4-2-3-5-11/h2,4,6-8,11H,3,5,9H2,1H3,(H,16,17). The molecule has 1 N–H and O–H groups in total. The van der Waals surface area contributed by atoms with E-state index >= 15 is 0 Å². The van der Waals surface area contributed by atoms with Gasteiger partial charge in [0, 0.05) is 15.7 Å². The maximum atomic E-state index is 11.9. The van der Waals surface area contributed by atoms with E-state index in [-0.39, 0.29) is 5.91 Å². The number of halogens is 1. The minimum Gasteiger partial charge on any atom is -0.326 e. The Hall–Kier alpha value is -0.840. The average Bonchev–Trinajstić information content (AvgIpc) is 2.75. The molecule has 0 aliphatic heterocycles. The minimum absolute atomic E-state index is 0.117. The van der Waals surface area contributed by atoms with Crippen molar-refractivity contribution < 1.29 is 4.79 Å². The third-order valence-corrected chi connectivity index (χ3v) is 3.69. The van der Waals surface area contributed by atoms with Gasteiger partial charge in [-0.15, -0.1) is 0 Å². The summed E-state index contributed by atoms with van der Waals surface area (Å²) >= 11 is 2.27. The Balaban J connectivity index is 1.95. The molecule has 1 aromatic rings. The zero-order chi connectivity index (χ0) is 12.3. The van der Waals surface area contributed by atoms with Gasteiger partial charge in [0.25, 0.3) is 0 Å². The lowest BCUT2D eigenvalue weighted by atomic mass is 10.0. The van der Waals surface area contributed by atoms with Crippen LogP contribution in [0.3, 0.4) is 0 Å². The predicted molar refractivity (Wildman–Crippen MR) is 79.0 cm³/mol. The van der Waals surface area contributed by atoms with Gasteiger partial charge in [-0.2, -0.15) is 0 Å². The number of carbonyl (C=O) groups is 1. The first-order chi connectivity index (χ1) is 8.15. The third kappa shape index (κ3) is 3.56. The second-order valence-corrected chi connectivity index (χ2v) is 5.72. The number of aryl methyl sites for hydroxylation is 1. The van der Waals surface area contributed by atoms with Crippen LogP contribution in [0, 0.1) is 16.4 Å². The van der Waals surface area contributed by atoms with Gasteiger partial charge in [0.05, 0.1) is 0 Å². The first-order valence-electron chi connectivity index (χ1n) is 5.88. The zero-order valence-electron chi connectivity index (χ0n) is 9.87. The van der Waals surface area contributed by atoms with Crippen molar-refractivity contribution in [2.45, 2.75) is 26.2 Å². The number of allylic oxidation sites excluding steroid dienone is 2. The van der Waals surface area contributed by atoms with E-state index in [4.69, 9.17) is 0 Å². The molecule has 3 heteroatoms. The number of rotatable bonds is 3. The van der Waals surface area contributed by atoms with Crippen molar-refractivity contribution in [2.24, 2.45) is 5.92 Å². The maximum Gasteiger partial charge on any atom is 0.224 e. The van der Waals surface area contributed by atoms with Crippen molar-refractivity contribution in [1.29, 1.82) is 0 Å². The van der Waals surface area contributed by atoms with Crippen LogP contribution in [0.15, 0.2) is 30.4 Å². The fourth-order valence-corrected chi connectivity index (χ4v) is 2.72. The summed E-state index contributed by atoms with van der Waals surface area (Å²) in [4.78, 5) is 11.9. The number of nitrogens with one attached hydrogen (secondary N) is 1. The van der Waals surface area contributed by atoms with Gasteiger partial charge in [0.15, 0.2) is 0 Å². The Labute approximate surface area is 116 Å². The Morgan fingerprint density at radius 2 is 2.35 bits per heavy atom. The van der Waals surface area contributed by atoms with Crippen LogP contribution in [0.25, 0.3) is 0 Å². The lowest BCUT2D eigenvalue weighted by Crippen LogP contribution is -2.15. The van der Waals surface area contributed by atoms with Crippen molar-refractivity contribution in [3.8, 4) is 0 Å². The van der Waals surface area contributed by atoms with E-state index in [0.29, 0.717) is 12.3 Å². The molecule has 1 unspecified atom stereocenters. The molecule has 17 heavy (non-hydrogen) atoms. The molecule has 0 spiro atoms. The van der Waals surface area contributed by atoms with Gasteiger partial charge in [0.1, 0.15) is 0 Å². The van der Waals surface area contributed by atoms with E-state index in [1.807, 2.05) is 19.1 Å². The van der Waals surface area contributed by atoms with Crippen LogP contribution in [0.4, 0.5) is 5.69 Å². The molecular weight excluding hydrogens is 325 g/mol. The molecule has 2 rings (SSSR count). The molecule has 0 fully saturated rings. The van der Waals surface area contributed by atoms with Crippen LogP contribution in [0.5, 0.6) is 0 Å². The monoisotopic (exact) mass is 341 g/mol. The summed E-state index contributed by atoms with van der Waals surface area (Å²) in [7, 11) is 0. The molecule has 1 aliphatic carbocycles. The summed E-state index contributed by atoms with van der Waals surface area (Å²) in [5, 5.41) is 2.99. The summed E-state index contributed by atoms with van der Waals surface area (Å²) in [6.45, 7) is 2.02. The van der Waals surface area contributed by atoms with E-state index in [1.54, 1.807) is 0 Å². The van der Waals surface area contributed by atoms with Crippen molar-refractivity contribution in [3.05, 3.63) is 39.5 Å². The van der Waals surface area contributed by atoms with E-state index in [2.05, 4.69) is 46.1 Å². The Morgan fingerprint density at radius 3 is 3.00 bits per heavy atom. The highest BCUT2D eigenvalue weighted by molar-refractivity contribution is 14.1. The third-order valence-electron chi connectivity index (χ3n) is 3.02. The maximum absolute atomic E-state index is 11.9. The van der Waals surface area contributed by atoms with Gasteiger partial charge in [-0.1, -0.05) is 12.2 Å². The van der Waals surface area contributed by atoms with Crippen molar-refractivity contribution in [3.63, 3.8) is 0 Å². The first kappa shape index (κ1) is 12.6. The fraction of sp³-hybridized carbons (Fsp3) is 0.357. The average molecular weight is 341 g/mol. The van der Waals surface area contributed by atoms with Gasteiger partial charge in [-0.05, 0) is 72.0 Å². The van der Waals surface area contributed by atoms with Gasteiger partial charge in [0.2, 0.25) is 5.91 Å². The van der Waals surface area contributed by atoms with Crippen molar-refractivity contribution in [1.82, 2.24) is 0 Å². The number of amides is 1. The van der Waals surface area contributed by atoms with E-state index < -0.39 is 0 Å². The second-order valence-electron chi connectivity index (χ2n) is 4.48. The second kappa shape index (κ2) is 5.67. The molecular formula is C14H16INO. The van der Waals surface area contributed by atoms with Crippen LogP contribution in [0.1, 0.15) is 24.8 Å². The van der Waals surface area contributed by atoms with Crippen LogP contribution < -0.4 is 5.32 Å². The van der Waals surface area contributed by atoms with E-state index in [1.165, 1.54) is 3.57 Å². The van der Waals surface area contributed by atoms with Crippen molar-refractivity contribution in [2.75, 3.05) is 5.32 Å². The van der Waals surface area contributed by atoms with E-state index in [9.17, 15) is 4.79 Å². The molecule has 90 valence electrons. The number of benzene rings is 1. The molecule has 0 bridgehead atoms. The van der Waals surface area contributed by atoms with E-state index in [0.717, 1.165) is 24.1 Å². The first-order valence-corrected chi connectivity index (χ1v) is 6.95. The largest absolute Gasteiger partial charge is 0.326 e. The Kier molecular flexibility index (Phi) is 4.20. The molecule has 1 amide bonds. The SMILES string of the molecule is Cc1cc(I)ccc1NC(=O)CC1C=CCC1. The van der Waals surface area contributed by atoms with Gasteiger partial charge >= 0.3 is 0 Å². The normalized spacial score (nSPS) is 18.4. The van der Waals surface area contributed by atoms with Gasteiger partial charge < -0.3 is 5.32 Å². The summed E-state index contributed by atoms with van der Waals surface area (Å²) in [6.07, 6.45) is 7.13. The van der Waals surface area contributed by atoms with Crippen LogP contribution in [-0.2, 0) is 4.79 Å². The molecule has 1 aromatic carbocycles. The summed E-state index contributed by atoms with van der Waals surface area (Å²) in [6, 6.07) is 6.06. The summed E-state index contributed by atoms with van der Waals surface area (Å²) in [5.74, 6) is 0.546. The fourth-order valence-electron chi connectivity index (χ4n) is 2.07. The zero-order valence-corrected chi connectivity index (χ0v) is 12.0. The highest BCUT2D eigenvalue weighted by atomic mass is 127. The summed E-state index contributed by atoms with van der Waals surface area (Å²) in [5.41, 5.74) is 2.05. The van der Waals surface area contributed by atoms with Crippen LogP contribution in [-0.4, -0.2) is 5.91 Å². The smallest absolute Gasteiger partial charge is 0.224 e. The highest BCUT2D eigenvalue weighted by Gasteiger charge is 2.14. The molecule has 0 aromatic heterocycles. The molecule has 0 radical (unpaired) electrons. The quantitative estimate of drug-likeness (QED) is 0.656. The number of hydrogen-bond acceptors (Lipinski definition) is 1. The lowest BCUT2D eigenvalue weighted by Gasteiger charge is -2.11. The molecule has 0 saturated heterocycles. The molecule has 2 nitrogen and oxygen atoms in total. The number of anilines is 1. The van der Waals surface area contributed by atoms with Crippen molar-refractivity contribution >= 4 is 34.2 Å². The van der Waals surface area contributed by atoms with Gasteiger partial charge in [-0.25, -0.2) is 0 Å². The lowest BCUT2D eigenvalue weighted by molar-refractivity contribution is -0.116. The topological polar surface area (TPSA) is 29.1 Å². The Morgan fingerprint density at radius 1 is 1.53 bits per heavy atom. The predicted octanol–water partition coefficient (Wildman–Crippen LogP) is 3.89. The molecule has 0 heterocycles. The van der Waals surface area contributed by atoms with Crippen LogP contribution in [0.2, 0.25) is 0 Å². The van der Waals surface area contributed by atoms with Crippen LogP contribution >= 0.6 is 22.6 Å².